The molecule has 0 aromatic heterocycles. The summed E-state index contributed by atoms with van der Waals surface area (Å²) in [7, 11) is 0. The standard InChI is InChI=1S/C15H12O2S/c18-15-16-13(11-7-3-1-4-8-11)14(17-15)12-9-5-2-6-10-12/h1-10,13-14H/t13-,14+. The van der Waals surface area contributed by atoms with Crippen LogP contribution in [0.25, 0.3) is 0 Å². The molecule has 0 N–H and O–H groups in total. The Morgan fingerprint density at radius 1 is 0.667 bits per heavy atom. The van der Waals surface area contributed by atoms with Gasteiger partial charge in [-0.3, -0.25) is 0 Å². The summed E-state index contributed by atoms with van der Waals surface area (Å²) in [5.74, 6) is 0. The van der Waals surface area contributed by atoms with E-state index in [-0.39, 0.29) is 17.4 Å². The molecule has 0 aliphatic carbocycles. The van der Waals surface area contributed by atoms with Gasteiger partial charge in [-0.15, -0.1) is 0 Å². The van der Waals surface area contributed by atoms with Crippen LogP contribution in [0.4, 0.5) is 0 Å². The van der Waals surface area contributed by atoms with Gasteiger partial charge in [0, 0.05) is 12.2 Å². The molecule has 2 nitrogen and oxygen atoms in total. The molecule has 1 aliphatic rings. The van der Waals surface area contributed by atoms with E-state index in [4.69, 9.17) is 21.7 Å². The maximum atomic E-state index is 5.62. The lowest BCUT2D eigenvalue weighted by Crippen LogP contribution is -2.06. The monoisotopic (exact) mass is 256 g/mol. The molecule has 1 heterocycles. The first kappa shape index (κ1) is 11.2. The number of benzene rings is 2. The maximum absolute atomic E-state index is 5.62. The second kappa shape index (κ2) is 4.78. The molecule has 3 rings (SSSR count). The Labute approximate surface area is 111 Å². The van der Waals surface area contributed by atoms with E-state index in [1.54, 1.807) is 0 Å². The van der Waals surface area contributed by atoms with Gasteiger partial charge in [-0.05, 0) is 11.1 Å². The van der Waals surface area contributed by atoms with E-state index in [0.29, 0.717) is 0 Å². The molecule has 18 heavy (non-hydrogen) atoms. The van der Waals surface area contributed by atoms with Gasteiger partial charge in [0.25, 0.3) is 0 Å². The molecule has 1 fully saturated rings. The van der Waals surface area contributed by atoms with Crippen LogP contribution in [0.5, 0.6) is 0 Å². The molecule has 1 aliphatic heterocycles. The Bertz CT molecular complexity index is 489. The molecule has 0 radical (unpaired) electrons. The van der Waals surface area contributed by atoms with E-state index in [1.165, 1.54) is 0 Å². The van der Waals surface area contributed by atoms with Gasteiger partial charge in [-0.25, -0.2) is 0 Å². The van der Waals surface area contributed by atoms with Crippen molar-refractivity contribution in [1.82, 2.24) is 0 Å². The zero-order chi connectivity index (χ0) is 12.4. The fourth-order valence-corrected chi connectivity index (χ4v) is 2.34. The zero-order valence-electron chi connectivity index (χ0n) is 9.65. The summed E-state index contributed by atoms with van der Waals surface area (Å²) in [6.45, 7) is 0. The van der Waals surface area contributed by atoms with Gasteiger partial charge in [-0.2, -0.15) is 0 Å². The van der Waals surface area contributed by atoms with E-state index >= 15 is 0 Å². The summed E-state index contributed by atoms with van der Waals surface area (Å²) in [5.41, 5.74) is 2.15. The minimum absolute atomic E-state index is 0.166. The minimum Gasteiger partial charge on any atom is -0.444 e. The summed E-state index contributed by atoms with van der Waals surface area (Å²) < 4.78 is 11.2. The molecule has 0 spiro atoms. The summed E-state index contributed by atoms with van der Waals surface area (Å²) >= 11 is 5.03. The van der Waals surface area contributed by atoms with E-state index in [0.717, 1.165) is 11.1 Å². The number of thiocarbonyl (C=S) groups is 1. The van der Waals surface area contributed by atoms with E-state index in [1.807, 2.05) is 60.7 Å². The Kier molecular flexibility index (Phi) is 2.99. The first-order chi connectivity index (χ1) is 8.84. The molecule has 0 saturated carbocycles. The highest BCUT2D eigenvalue weighted by molar-refractivity contribution is 7.79. The predicted octanol–water partition coefficient (Wildman–Crippen LogP) is 3.80. The van der Waals surface area contributed by atoms with Crippen molar-refractivity contribution in [2.45, 2.75) is 12.2 Å². The van der Waals surface area contributed by atoms with Crippen LogP contribution < -0.4 is 0 Å². The van der Waals surface area contributed by atoms with Crippen LogP contribution in [0.3, 0.4) is 0 Å². The molecular weight excluding hydrogens is 244 g/mol. The van der Waals surface area contributed by atoms with Crippen LogP contribution in [0.2, 0.25) is 0 Å². The van der Waals surface area contributed by atoms with E-state index in [9.17, 15) is 0 Å². The summed E-state index contributed by atoms with van der Waals surface area (Å²) in [4.78, 5) is 0. The Morgan fingerprint density at radius 3 is 1.44 bits per heavy atom. The smallest absolute Gasteiger partial charge is 0.353 e. The largest absolute Gasteiger partial charge is 0.444 e. The van der Waals surface area contributed by atoms with Gasteiger partial charge in [0.15, 0.2) is 12.2 Å². The average molecular weight is 256 g/mol. The van der Waals surface area contributed by atoms with Crippen molar-refractivity contribution < 1.29 is 9.47 Å². The lowest BCUT2D eigenvalue weighted by atomic mass is 9.99. The zero-order valence-corrected chi connectivity index (χ0v) is 10.5. The first-order valence-corrected chi connectivity index (χ1v) is 6.22. The van der Waals surface area contributed by atoms with Crippen molar-refractivity contribution in [2.24, 2.45) is 0 Å². The molecule has 3 heteroatoms. The van der Waals surface area contributed by atoms with Crippen LogP contribution in [0.15, 0.2) is 60.7 Å². The average Bonchev–Trinajstić information content (AvgIpc) is 2.83. The molecule has 2 aromatic rings. The molecule has 1 saturated heterocycles. The summed E-state index contributed by atoms with van der Waals surface area (Å²) in [6.07, 6.45) is -0.331. The fourth-order valence-electron chi connectivity index (χ4n) is 2.13. The van der Waals surface area contributed by atoms with Crippen molar-refractivity contribution in [3.8, 4) is 0 Å². The lowest BCUT2D eigenvalue weighted by molar-refractivity contribution is 0.159. The van der Waals surface area contributed by atoms with E-state index in [2.05, 4.69) is 0 Å². The number of rotatable bonds is 2. The van der Waals surface area contributed by atoms with Crippen LogP contribution >= 0.6 is 12.2 Å². The molecule has 0 unspecified atom stereocenters. The SMILES string of the molecule is S=C1O[C@H](c2ccccc2)[C@H](c2ccccc2)O1. The summed E-state index contributed by atoms with van der Waals surface area (Å²) in [5, 5.41) is 0.220. The molecule has 2 atom stereocenters. The van der Waals surface area contributed by atoms with Crippen molar-refractivity contribution in [3.63, 3.8) is 0 Å². The summed E-state index contributed by atoms with van der Waals surface area (Å²) in [6, 6.07) is 20.0. The van der Waals surface area contributed by atoms with E-state index < -0.39 is 0 Å². The molecule has 2 aromatic carbocycles. The van der Waals surface area contributed by atoms with Gasteiger partial charge in [0.05, 0.1) is 0 Å². The molecule has 0 amide bonds. The molecule has 90 valence electrons. The van der Waals surface area contributed by atoms with Crippen molar-refractivity contribution in [2.75, 3.05) is 0 Å². The molecule has 0 bridgehead atoms. The maximum Gasteiger partial charge on any atom is 0.353 e. The number of ether oxygens (including phenoxy) is 2. The Balaban J connectivity index is 1.96. The lowest BCUT2D eigenvalue weighted by Gasteiger charge is -2.16. The van der Waals surface area contributed by atoms with Crippen LogP contribution in [-0.2, 0) is 9.47 Å². The fraction of sp³-hybridized carbons (Fsp3) is 0.133. The quantitative estimate of drug-likeness (QED) is 0.761. The minimum atomic E-state index is -0.166. The third-order valence-electron chi connectivity index (χ3n) is 2.98. The highest BCUT2D eigenvalue weighted by Gasteiger charge is 2.36. The van der Waals surface area contributed by atoms with Gasteiger partial charge < -0.3 is 9.47 Å². The highest BCUT2D eigenvalue weighted by atomic mass is 32.1. The predicted molar refractivity (Wildman–Crippen MR) is 73.1 cm³/mol. The number of hydrogen-bond acceptors (Lipinski definition) is 3. The van der Waals surface area contributed by atoms with Crippen molar-refractivity contribution >= 4 is 17.5 Å². The Morgan fingerprint density at radius 2 is 1.06 bits per heavy atom. The van der Waals surface area contributed by atoms with Crippen LogP contribution in [0, 0.1) is 0 Å². The topological polar surface area (TPSA) is 18.5 Å². The Hall–Kier alpha value is -1.87. The highest BCUT2D eigenvalue weighted by Crippen LogP contribution is 2.40. The molecular formula is C15H12O2S. The van der Waals surface area contributed by atoms with Crippen LogP contribution in [-0.4, -0.2) is 5.24 Å². The third kappa shape index (κ3) is 2.09. The second-order valence-electron chi connectivity index (χ2n) is 4.15. The van der Waals surface area contributed by atoms with Crippen molar-refractivity contribution in [3.05, 3.63) is 71.8 Å². The number of hydrogen-bond donors (Lipinski definition) is 0. The van der Waals surface area contributed by atoms with Gasteiger partial charge >= 0.3 is 5.24 Å². The first-order valence-electron chi connectivity index (χ1n) is 5.82. The van der Waals surface area contributed by atoms with Gasteiger partial charge in [-0.1, -0.05) is 60.7 Å². The van der Waals surface area contributed by atoms with Crippen LogP contribution in [0.1, 0.15) is 23.3 Å². The third-order valence-corrected chi connectivity index (χ3v) is 3.17. The second-order valence-corrected chi connectivity index (χ2v) is 4.48. The van der Waals surface area contributed by atoms with Gasteiger partial charge in [0.2, 0.25) is 0 Å². The normalized spacial score (nSPS) is 22.3. The van der Waals surface area contributed by atoms with Gasteiger partial charge in [0.1, 0.15) is 0 Å². The van der Waals surface area contributed by atoms with Crippen molar-refractivity contribution in [1.29, 1.82) is 0 Å².